The van der Waals surface area contributed by atoms with Crippen LogP contribution >= 0.6 is 0 Å². The molecule has 0 spiro atoms. The number of aryl methyl sites for hydroxylation is 3. The lowest BCUT2D eigenvalue weighted by atomic mass is 9.93. The van der Waals surface area contributed by atoms with Crippen LogP contribution in [0.4, 0.5) is 0 Å². The molecule has 0 aromatic heterocycles. The zero-order chi connectivity index (χ0) is 26.2. The van der Waals surface area contributed by atoms with E-state index in [0.717, 1.165) is 22.3 Å². The first-order valence-corrected chi connectivity index (χ1v) is 12.5. The van der Waals surface area contributed by atoms with E-state index < -0.39 is 5.97 Å². The predicted octanol–water partition coefficient (Wildman–Crippen LogP) is 5.68. The molecule has 0 N–H and O–H groups in total. The van der Waals surface area contributed by atoms with Gasteiger partial charge in [0, 0.05) is 18.7 Å². The van der Waals surface area contributed by atoms with Crippen LogP contribution in [0.15, 0.2) is 72.4 Å². The van der Waals surface area contributed by atoms with Gasteiger partial charge in [0.1, 0.15) is 6.61 Å². The summed E-state index contributed by atoms with van der Waals surface area (Å²) in [6.07, 6.45) is 1.77. The van der Waals surface area contributed by atoms with E-state index in [4.69, 9.17) is 14.3 Å². The molecule has 1 fully saturated rings. The number of rotatable bonds is 8. The van der Waals surface area contributed by atoms with E-state index in [1.807, 2.05) is 24.3 Å². The van der Waals surface area contributed by atoms with Crippen molar-refractivity contribution in [3.05, 3.63) is 101 Å². The van der Waals surface area contributed by atoms with Crippen molar-refractivity contribution < 1.29 is 19.1 Å². The van der Waals surface area contributed by atoms with E-state index in [1.165, 1.54) is 22.3 Å². The summed E-state index contributed by atoms with van der Waals surface area (Å²) in [7, 11) is 0. The van der Waals surface area contributed by atoms with Gasteiger partial charge in [0.2, 0.25) is 6.61 Å². The predicted molar refractivity (Wildman–Crippen MR) is 147 cm³/mol. The van der Waals surface area contributed by atoms with Crippen LogP contribution in [0, 0.1) is 20.8 Å². The molecule has 0 aliphatic carbocycles. The highest BCUT2D eigenvalue weighted by atomic mass is 16.7. The van der Waals surface area contributed by atoms with Gasteiger partial charge >= 0.3 is 5.97 Å². The first kappa shape index (κ1) is 26.2. The van der Waals surface area contributed by atoms with Crippen molar-refractivity contribution in [2.45, 2.75) is 27.4 Å². The number of benzene rings is 3. The molecule has 0 amide bonds. The summed E-state index contributed by atoms with van der Waals surface area (Å²) in [4.78, 5) is 19.8. The van der Waals surface area contributed by atoms with Crippen LogP contribution < -0.4 is 0 Å². The Morgan fingerprint density at radius 2 is 1.65 bits per heavy atom. The van der Waals surface area contributed by atoms with E-state index in [2.05, 4.69) is 73.8 Å². The average Bonchev–Trinajstić information content (AvgIpc) is 2.91. The van der Waals surface area contributed by atoms with E-state index >= 15 is 0 Å². The van der Waals surface area contributed by atoms with Crippen molar-refractivity contribution in [1.82, 2.24) is 4.90 Å². The number of carbonyl (C=O) groups excluding carboxylic acids is 1. The Morgan fingerprint density at radius 1 is 1.00 bits per heavy atom. The zero-order valence-electron chi connectivity index (χ0n) is 21.8. The second-order valence-electron chi connectivity index (χ2n) is 9.25. The van der Waals surface area contributed by atoms with Crippen molar-refractivity contribution in [2.24, 2.45) is 5.16 Å². The van der Waals surface area contributed by atoms with Crippen LogP contribution in [0.3, 0.4) is 0 Å². The molecule has 1 saturated heterocycles. The molecule has 0 saturated carbocycles. The molecule has 6 nitrogen and oxygen atoms in total. The van der Waals surface area contributed by atoms with Crippen molar-refractivity contribution >= 4 is 17.9 Å². The van der Waals surface area contributed by atoms with E-state index in [-0.39, 0.29) is 13.2 Å². The maximum Gasteiger partial charge on any atom is 0.347 e. The fraction of sp³-hybridized carbons (Fsp3) is 0.290. The molecular formula is C31H34N2O4. The van der Waals surface area contributed by atoms with Gasteiger partial charge in [-0.15, -0.1) is 0 Å². The number of esters is 1. The van der Waals surface area contributed by atoms with Gasteiger partial charge in [0.05, 0.1) is 13.2 Å². The Bertz CT molecular complexity index is 1230. The minimum Gasteiger partial charge on any atom is -0.458 e. The third-order valence-corrected chi connectivity index (χ3v) is 6.37. The van der Waals surface area contributed by atoms with Gasteiger partial charge < -0.3 is 19.2 Å². The fourth-order valence-corrected chi connectivity index (χ4v) is 4.59. The van der Waals surface area contributed by atoms with Crippen LogP contribution in [0.25, 0.3) is 17.2 Å². The summed E-state index contributed by atoms with van der Waals surface area (Å²) in [5, 5.41) is 4.36. The van der Waals surface area contributed by atoms with Gasteiger partial charge in [0.25, 0.3) is 0 Å². The Labute approximate surface area is 219 Å². The van der Waals surface area contributed by atoms with Gasteiger partial charge in [-0.05, 0) is 54.2 Å². The Kier molecular flexibility index (Phi) is 8.75. The molecule has 37 heavy (non-hydrogen) atoms. The zero-order valence-corrected chi connectivity index (χ0v) is 21.8. The minimum atomic E-state index is -0.474. The number of carbonyl (C=O) groups is 1. The van der Waals surface area contributed by atoms with Crippen molar-refractivity contribution in [3.63, 3.8) is 0 Å². The van der Waals surface area contributed by atoms with E-state index in [0.29, 0.717) is 32.1 Å². The smallest absolute Gasteiger partial charge is 0.347 e. The van der Waals surface area contributed by atoms with Gasteiger partial charge in [-0.3, -0.25) is 0 Å². The number of oxime groups is 1. The molecule has 0 unspecified atom stereocenters. The Hall–Kier alpha value is -3.90. The maximum absolute atomic E-state index is 12.3. The molecule has 0 bridgehead atoms. The molecule has 0 radical (unpaired) electrons. The highest BCUT2D eigenvalue weighted by Gasteiger charge is 2.19. The lowest BCUT2D eigenvalue weighted by Crippen LogP contribution is -2.41. The third kappa shape index (κ3) is 6.86. The standard InChI is InChI=1S/C31H34N2O4/c1-5-25-6-8-26(9-7-25)20-36-29(34)21-37-32-31(33-14-16-35-17-15-33)28-12-10-27(11-13-28)30-23(3)18-22(2)19-24(30)4/h5-13,18-19H,1,14-17,20-21H2,2-4H3/b32-31-. The molecule has 1 heterocycles. The summed E-state index contributed by atoms with van der Waals surface area (Å²) in [6, 6.07) is 20.4. The first-order valence-electron chi connectivity index (χ1n) is 12.5. The molecule has 6 heteroatoms. The fourth-order valence-electron chi connectivity index (χ4n) is 4.59. The van der Waals surface area contributed by atoms with Crippen LogP contribution in [-0.2, 0) is 25.7 Å². The van der Waals surface area contributed by atoms with Gasteiger partial charge in [-0.2, -0.15) is 0 Å². The summed E-state index contributed by atoms with van der Waals surface area (Å²) >= 11 is 0. The lowest BCUT2D eigenvalue weighted by molar-refractivity contribution is -0.150. The van der Waals surface area contributed by atoms with Gasteiger partial charge in [-0.1, -0.05) is 84.0 Å². The molecule has 192 valence electrons. The number of ether oxygens (including phenoxy) is 2. The highest BCUT2D eigenvalue weighted by molar-refractivity contribution is 5.99. The van der Waals surface area contributed by atoms with E-state index in [1.54, 1.807) is 6.08 Å². The van der Waals surface area contributed by atoms with Crippen LogP contribution in [0.5, 0.6) is 0 Å². The Morgan fingerprint density at radius 3 is 2.27 bits per heavy atom. The van der Waals surface area contributed by atoms with E-state index in [9.17, 15) is 4.79 Å². The quantitative estimate of drug-likeness (QED) is 0.173. The van der Waals surface area contributed by atoms with Crippen LogP contribution in [0.2, 0.25) is 0 Å². The van der Waals surface area contributed by atoms with Gasteiger partial charge in [0.15, 0.2) is 5.84 Å². The summed E-state index contributed by atoms with van der Waals surface area (Å²) in [5.74, 6) is 0.207. The molecular weight excluding hydrogens is 464 g/mol. The Balaban J connectivity index is 1.44. The maximum atomic E-state index is 12.3. The SMILES string of the molecule is C=Cc1ccc(COC(=O)CO/N=C(/c2ccc(-c3c(C)cc(C)cc3C)cc2)N2CCOCC2)cc1. The monoisotopic (exact) mass is 498 g/mol. The largest absolute Gasteiger partial charge is 0.458 e. The molecule has 1 aliphatic rings. The molecule has 3 aromatic carbocycles. The normalized spacial score (nSPS) is 13.8. The number of hydrogen-bond donors (Lipinski definition) is 0. The van der Waals surface area contributed by atoms with Gasteiger partial charge in [-0.25, -0.2) is 4.79 Å². The van der Waals surface area contributed by atoms with Crippen LogP contribution in [-0.4, -0.2) is 49.6 Å². The average molecular weight is 499 g/mol. The topological polar surface area (TPSA) is 60.4 Å². The number of nitrogens with zero attached hydrogens (tertiary/aromatic N) is 2. The molecule has 3 aromatic rings. The van der Waals surface area contributed by atoms with Crippen molar-refractivity contribution in [3.8, 4) is 11.1 Å². The highest BCUT2D eigenvalue weighted by Crippen LogP contribution is 2.29. The minimum absolute atomic E-state index is 0.180. The molecule has 4 rings (SSSR count). The second kappa shape index (κ2) is 12.4. The number of hydrogen-bond acceptors (Lipinski definition) is 5. The second-order valence-corrected chi connectivity index (χ2v) is 9.25. The number of amidine groups is 1. The van der Waals surface area contributed by atoms with Crippen molar-refractivity contribution in [1.29, 1.82) is 0 Å². The molecule has 0 atom stereocenters. The summed E-state index contributed by atoms with van der Waals surface area (Å²) in [6.45, 7) is 12.7. The number of morpholine rings is 1. The summed E-state index contributed by atoms with van der Waals surface area (Å²) in [5.41, 5.74) is 9.01. The lowest BCUT2D eigenvalue weighted by Gasteiger charge is -2.29. The van der Waals surface area contributed by atoms with Crippen LogP contribution in [0.1, 0.15) is 33.4 Å². The molecule has 1 aliphatic heterocycles. The van der Waals surface area contributed by atoms with Crippen molar-refractivity contribution in [2.75, 3.05) is 32.9 Å². The third-order valence-electron chi connectivity index (χ3n) is 6.37. The summed E-state index contributed by atoms with van der Waals surface area (Å²) < 4.78 is 10.9. The first-order chi connectivity index (χ1) is 17.9.